The first kappa shape index (κ1) is 15.0. The van der Waals surface area contributed by atoms with Crippen LogP contribution in [0.15, 0.2) is 42.5 Å². The van der Waals surface area contributed by atoms with Gasteiger partial charge in [-0.1, -0.05) is 44.2 Å². The minimum atomic E-state index is -0.0365. The summed E-state index contributed by atoms with van der Waals surface area (Å²) >= 11 is 2.19. The Bertz CT molecular complexity index is 600. The maximum atomic E-state index is 12.5. The number of halogens is 1. The number of hydrogen-bond acceptors (Lipinski definition) is 1. The molecule has 20 heavy (non-hydrogen) atoms. The zero-order valence-electron chi connectivity index (χ0n) is 11.7. The number of benzene rings is 2. The van der Waals surface area contributed by atoms with Crippen LogP contribution in [0.1, 0.15) is 35.3 Å². The first-order valence-electron chi connectivity index (χ1n) is 6.84. The number of amides is 1. The first-order chi connectivity index (χ1) is 9.67. The molecular weight excluding hydrogens is 361 g/mol. The van der Waals surface area contributed by atoms with Crippen molar-refractivity contribution in [2.24, 2.45) is 0 Å². The molecule has 0 unspecified atom stereocenters. The molecule has 1 amide bonds. The Hall–Kier alpha value is -1.36. The van der Waals surface area contributed by atoms with E-state index in [9.17, 15) is 4.79 Å². The fourth-order valence-electron chi connectivity index (χ4n) is 2.23. The highest BCUT2D eigenvalue weighted by Gasteiger charge is 2.13. The summed E-state index contributed by atoms with van der Waals surface area (Å²) in [4.78, 5) is 12.5. The summed E-state index contributed by atoms with van der Waals surface area (Å²) in [6, 6.07) is 13.8. The number of para-hydroxylation sites is 1. The van der Waals surface area contributed by atoms with Gasteiger partial charge >= 0.3 is 0 Å². The van der Waals surface area contributed by atoms with Crippen molar-refractivity contribution in [3.05, 3.63) is 62.7 Å². The second-order valence-electron chi connectivity index (χ2n) is 4.59. The van der Waals surface area contributed by atoms with Crippen LogP contribution in [-0.2, 0) is 12.8 Å². The molecule has 1 N–H and O–H groups in total. The Labute approximate surface area is 133 Å². The van der Waals surface area contributed by atoms with E-state index in [1.54, 1.807) is 0 Å². The zero-order chi connectivity index (χ0) is 14.5. The third kappa shape index (κ3) is 3.20. The van der Waals surface area contributed by atoms with E-state index < -0.39 is 0 Å². The molecule has 2 aromatic carbocycles. The molecule has 0 bridgehead atoms. The Kier molecular flexibility index (Phi) is 5.17. The van der Waals surface area contributed by atoms with Crippen LogP contribution in [0.4, 0.5) is 5.69 Å². The minimum Gasteiger partial charge on any atom is -0.321 e. The van der Waals surface area contributed by atoms with Crippen molar-refractivity contribution in [2.75, 3.05) is 5.32 Å². The van der Waals surface area contributed by atoms with Crippen LogP contribution in [0.3, 0.4) is 0 Å². The Morgan fingerprint density at radius 3 is 2.15 bits per heavy atom. The molecule has 0 saturated heterocycles. The van der Waals surface area contributed by atoms with Crippen LogP contribution in [0.2, 0.25) is 0 Å². The van der Waals surface area contributed by atoms with Crippen molar-refractivity contribution in [2.45, 2.75) is 26.7 Å². The van der Waals surface area contributed by atoms with Crippen LogP contribution in [0.25, 0.3) is 0 Å². The van der Waals surface area contributed by atoms with Gasteiger partial charge < -0.3 is 5.32 Å². The molecule has 3 heteroatoms. The third-order valence-corrected chi connectivity index (χ3v) is 4.30. The van der Waals surface area contributed by atoms with Gasteiger partial charge in [0.05, 0.1) is 5.56 Å². The highest BCUT2D eigenvalue weighted by Crippen LogP contribution is 2.24. The highest BCUT2D eigenvalue weighted by molar-refractivity contribution is 14.1. The van der Waals surface area contributed by atoms with Crippen molar-refractivity contribution in [1.82, 2.24) is 0 Å². The molecule has 0 spiro atoms. The Morgan fingerprint density at radius 2 is 1.60 bits per heavy atom. The van der Waals surface area contributed by atoms with Gasteiger partial charge in [-0.15, -0.1) is 0 Å². The van der Waals surface area contributed by atoms with Crippen molar-refractivity contribution in [3.63, 3.8) is 0 Å². The largest absolute Gasteiger partial charge is 0.321 e. The molecule has 0 aromatic heterocycles. The Morgan fingerprint density at radius 1 is 1.00 bits per heavy atom. The summed E-state index contributed by atoms with van der Waals surface area (Å²) in [5.41, 5.74) is 4.07. The number of carbonyl (C=O) groups excluding carboxylic acids is 1. The lowest BCUT2D eigenvalue weighted by molar-refractivity contribution is 0.102. The van der Waals surface area contributed by atoms with Gasteiger partial charge in [-0.25, -0.2) is 0 Å². The van der Waals surface area contributed by atoms with E-state index in [0.717, 1.165) is 27.7 Å². The van der Waals surface area contributed by atoms with E-state index in [1.165, 1.54) is 11.1 Å². The fraction of sp³-hybridized carbons (Fsp3) is 0.235. The summed E-state index contributed by atoms with van der Waals surface area (Å²) in [5, 5.41) is 3.09. The number of aryl methyl sites for hydroxylation is 2. The van der Waals surface area contributed by atoms with Gasteiger partial charge in [-0.05, 0) is 58.7 Å². The number of carbonyl (C=O) groups is 1. The van der Waals surface area contributed by atoms with Crippen molar-refractivity contribution in [1.29, 1.82) is 0 Å². The molecule has 0 fully saturated rings. The second kappa shape index (κ2) is 6.88. The normalized spacial score (nSPS) is 10.3. The molecule has 0 aliphatic carbocycles. The topological polar surface area (TPSA) is 29.1 Å². The lowest BCUT2D eigenvalue weighted by Gasteiger charge is -2.15. The molecule has 0 atom stereocenters. The van der Waals surface area contributed by atoms with E-state index in [2.05, 4.69) is 60.0 Å². The van der Waals surface area contributed by atoms with Gasteiger partial charge in [0.1, 0.15) is 0 Å². The van der Waals surface area contributed by atoms with Crippen LogP contribution in [0, 0.1) is 3.57 Å². The first-order valence-corrected chi connectivity index (χ1v) is 7.91. The Balaban J connectivity index is 2.35. The van der Waals surface area contributed by atoms with Crippen LogP contribution < -0.4 is 5.32 Å². The molecule has 0 aliphatic rings. The molecule has 0 heterocycles. The van der Waals surface area contributed by atoms with E-state index in [-0.39, 0.29) is 5.91 Å². The smallest absolute Gasteiger partial charge is 0.256 e. The number of rotatable bonds is 4. The molecule has 2 aromatic rings. The predicted molar refractivity (Wildman–Crippen MR) is 92.3 cm³/mol. The molecular formula is C17H18INO. The molecule has 0 radical (unpaired) electrons. The maximum Gasteiger partial charge on any atom is 0.256 e. The van der Waals surface area contributed by atoms with Crippen LogP contribution >= 0.6 is 22.6 Å². The van der Waals surface area contributed by atoms with Gasteiger partial charge in [0.2, 0.25) is 0 Å². The van der Waals surface area contributed by atoms with Crippen molar-refractivity contribution < 1.29 is 4.79 Å². The number of hydrogen-bond donors (Lipinski definition) is 1. The van der Waals surface area contributed by atoms with Gasteiger partial charge in [-0.3, -0.25) is 4.79 Å². The quantitative estimate of drug-likeness (QED) is 0.769. The van der Waals surface area contributed by atoms with Crippen LogP contribution in [-0.4, -0.2) is 5.91 Å². The summed E-state index contributed by atoms with van der Waals surface area (Å²) in [6.07, 6.45) is 1.82. The molecule has 104 valence electrons. The number of nitrogens with one attached hydrogen (secondary N) is 1. The molecule has 0 saturated carbocycles. The number of anilines is 1. The molecule has 2 nitrogen and oxygen atoms in total. The van der Waals surface area contributed by atoms with Crippen molar-refractivity contribution in [3.8, 4) is 0 Å². The third-order valence-electron chi connectivity index (χ3n) is 3.36. The maximum absolute atomic E-state index is 12.5. The second-order valence-corrected chi connectivity index (χ2v) is 5.75. The average Bonchev–Trinajstić information content (AvgIpc) is 2.47. The summed E-state index contributed by atoms with van der Waals surface area (Å²) in [7, 11) is 0. The van der Waals surface area contributed by atoms with E-state index in [1.807, 2.05) is 24.3 Å². The SMILES string of the molecule is CCc1cccc(CC)c1NC(=O)c1ccccc1I. The zero-order valence-corrected chi connectivity index (χ0v) is 13.9. The molecule has 0 aliphatic heterocycles. The monoisotopic (exact) mass is 379 g/mol. The minimum absolute atomic E-state index is 0.0365. The summed E-state index contributed by atoms with van der Waals surface area (Å²) < 4.78 is 0.967. The van der Waals surface area contributed by atoms with E-state index in [4.69, 9.17) is 0 Å². The lowest BCUT2D eigenvalue weighted by atomic mass is 10.0. The van der Waals surface area contributed by atoms with E-state index >= 15 is 0 Å². The van der Waals surface area contributed by atoms with Crippen molar-refractivity contribution >= 4 is 34.2 Å². The van der Waals surface area contributed by atoms with Gasteiger partial charge in [0.15, 0.2) is 0 Å². The van der Waals surface area contributed by atoms with Gasteiger partial charge in [0, 0.05) is 9.26 Å². The highest BCUT2D eigenvalue weighted by atomic mass is 127. The van der Waals surface area contributed by atoms with E-state index in [0.29, 0.717) is 0 Å². The van der Waals surface area contributed by atoms with Gasteiger partial charge in [-0.2, -0.15) is 0 Å². The lowest BCUT2D eigenvalue weighted by Crippen LogP contribution is -2.16. The summed E-state index contributed by atoms with van der Waals surface area (Å²) in [6.45, 7) is 4.22. The predicted octanol–water partition coefficient (Wildman–Crippen LogP) is 4.67. The van der Waals surface area contributed by atoms with Crippen LogP contribution in [0.5, 0.6) is 0 Å². The fourth-order valence-corrected chi connectivity index (χ4v) is 2.86. The standard InChI is InChI=1S/C17H18INO/c1-3-12-8-7-9-13(4-2)16(12)19-17(20)14-10-5-6-11-15(14)18/h5-11H,3-4H2,1-2H3,(H,19,20). The average molecular weight is 379 g/mol. The van der Waals surface area contributed by atoms with Gasteiger partial charge in [0.25, 0.3) is 5.91 Å². The molecule has 2 rings (SSSR count). The summed E-state index contributed by atoms with van der Waals surface area (Å²) in [5.74, 6) is -0.0365.